The molecule has 0 bridgehead atoms. The molecule has 3 aromatic rings. The number of carbonyl (C=O) groups excluding carboxylic acids is 1. The molecule has 1 amide bonds. The lowest BCUT2D eigenvalue weighted by Crippen LogP contribution is -2.37. The molecule has 1 fully saturated rings. The molecule has 3 heterocycles. The number of hydrogen-bond donors (Lipinski definition) is 1. The van der Waals surface area contributed by atoms with E-state index in [9.17, 15) is 9.18 Å². The number of anilines is 1. The Hall–Kier alpha value is -2.66. The average Bonchev–Trinajstić information content (AvgIpc) is 3.22. The number of likely N-dealkylation sites (tertiary alicyclic amines) is 1. The van der Waals surface area contributed by atoms with E-state index in [1.807, 2.05) is 17.0 Å². The minimum absolute atomic E-state index is 0.174. The first-order valence-electron chi connectivity index (χ1n) is 11.6. The summed E-state index contributed by atoms with van der Waals surface area (Å²) in [6, 6.07) is 13.3. The number of piperidine rings is 1. The summed E-state index contributed by atoms with van der Waals surface area (Å²) in [5, 5.41) is 1.02. The van der Waals surface area contributed by atoms with E-state index < -0.39 is 0 Å². The van der Waals surface area contributed by atoms with E-state index in [4.69, 9.17) is 0 Å². The van der Waals surface area contributed by atoms with Gasteiger partial charge >= 0.3 is 0 Å². The highest BCUT2D eigenvalue weighted by Gasteiger charge is 2.24. The van der Waals surface area contributed by atoms with Crippen molar-refractivity contribution in [2.24, 2.45) is 0 Å². The van der Waals surface area contributed by atoms with E-state index in [1.165, 1.54) is 17.2 Å². The monoisotopic (exact) mass is 419 g/mol. The summed E-state index contributed by atoms with van der Waals surface area (Å²) in [6.07, 6.45) is 7.84. The van der Waals surface area contributed by atoms with E-state index in [0.29, 0.717) is 12.3 Å². The SMILES string of the molecule is O=C(CCCN1CCC(c2c[nH]c3ccc(F)cc23)CC1)N1CCCc2ccccc21. The molecule has 0 spiro atoms. The number of nitrogens with one attached hydrogen (secondary N) is 1. The van der Waals surface area contributed by atoms with Crippen LogP contribution in [0.5, 0.6) is 0 Å². The third-order valence-corrected chi connectivity index (χ3v) is 6.98. The van der Waals surface area contributed by atoms with Crippen molar-refractivity contribution >= 4 is 22.5 Å². The fraction of sp³-hybridized carbons (Fsp3) is 0.423. The number of carbonyl (C=O) groups is 1. The minimum atomic E-state index is -0.174. The van der Waals surface area contributed by atoms with Crippen LogP contribution in [-0.4, -0.2) is 42.0 Å². The van der Waals surface area contributed by atoms with Gasteiger partial charge in [0.05, 0.1) is 0 Å². The van der Waals surface area contributed by atoms with Gasteiger partial charge in [-0.3, -0.25) is 4.79 Å². The summed E-state index contributed by atoms with van der Waals surface area (Å²) in [7, 11) is 0. The van der Waals surface area contributed by atoms with Gasteiger partial charge in [-0.1, -0.05) is 18.2 Å². The van der Waals surface area contributed by atoms with Gasteiger partial charge in [0.25, 0.3) is 0 Å². The highest BCUT2D eigenvalue weighted by molar-refractivity contribution is 5.94. The molecular formula is C26H30FN3O. The standard InChI is InChI=1S/C26H30FN3O/c27-21-9-10-24-22(17-21)23(18-28-24)19-11-15-29(16-12-19)13-4-8-26(31)30-14-3-6-20-5-1-2-7-25(20)30/h1-2,5,7,9-10,17-19,28H,3-4,6,8,11-16H2. The van der Waals surface area contributed by atoms with Crippen LogP contribution in [0.3, 0.4) is 0 Å². The number of aromatic amines is 1. The molecule has 0 aliphatic carbocycles. The molecule has 2 aliphatic rings. The topological polar surface area (TPSA) is 39.3 Å². The first kappa shape index (κ1) is 20.3. The summed E-state index contributed by atoms with van der Waals surface area (Å²) in [6.45, 7) is 3.88. The first-order chi connectivity index (χ1) is 15.2. The van der Waals surface area contributed by atoms with Gasteiger partial charge in [0, 0.05) is 35.8 Å². The van der Waals surface area contributed by atoms with Crippen molar-refractivity contribution < 1.29 is 9.18 Å². The minimum Gasteiger partial charge on any atom is -0.361 e. The Morgan fingerprint density at radius 1 is 1.10 bits per heavy atom. The molecule has 5 heteroatoms. The average molecular weight is 420 g/mol. The molecule has 1 aromatic heterocycles. The number of aryl methyl sites for hydroxylation is 1. The van der Waals surface area contributed by atoms with Gasteiger partial charge in [0.15, 0.2) is 0 Å². The maximum absolute atomic E-state index is 13.7. The molecule has 0 atom stereocenters. The zero-order valence-corrected chi connectivity index (χ0v) is 17.9. The van der Waals surface area contributed by atoms with E-state index in [0.717, 1.165) is 74.9 Å². The normalized spacial score (nSPS) is 17.8. The van der Waals surface area contributed by atoms with E-state index >= 15 is 0 Å². The maximum Gasteiger partial charge on any atom is 0.227 e. The zero-order chi connectivity index (χ0) is 21.2. The fourth-order valence-corrected chi connectivity index (χ4v) is 5.30. The van der Waals surface area contributed by atoms with Gasteiger partial charge in [0.1, 0.15) is 5.82 Å². The maximum atomic E-state index is 13.7. The molecule has 0 unspecified atom stereocenters. The first-order valence-corrected chi connectivity index (χ1v) is 11.6. The number of aromatic nitrogens is 1. The van der Waals surface area contributed by atoms with Crippen molar-refractivity contribution in [1.82, 2.24) is 9.88 Å². The van der Waals surface area contributed by atoms with Crippen LogP contribution >= 0.6 is 0 Å². The Morgan fingerprint density at radius 2 is 1.94 bits per heavy atom. The van der Waals surface area contributed by atoms with Crippen molar-refractivity contribution in [3.8, 4) is 0 Å². The van der Waals surface area contributed by atoms with Gasteiger partial charge in [-0.15, -0.1) is 0 Å². The van der Waals surface area contributed by atoms with Crippen LogP contribution in [0, 0.1) is 5.82 Å². The number of nitrogens with zero attached hydrogens (tertiary/aromatic N) is 2. The zero-order valence-electron chi connectivity index (χ0n) is 17.9. The number of para-hydroxylation sites is 1. The molecule has 1 saturated heterocycles. The van der Waals surface area contributed by atoms with E-state index in [2.05, 4.69) is 34.3 Å². The second kappa shape index (κ2) is 8.83. The van der Waals surface area contributed by atoms with Gasteiger partial charge in [-0.2, -0.15) is 0 Å². The molecule has 4 nitrogen and oxygen atoms in total. The van der Waals surface area contributed by atoms with Gasteiger partial charge in [0.2, 0.25) is 5.91 Å². The quantitative estimate of drug-likeness (QED) is 0.614. The van der Waals surface area contributed by atoms with Crippen molar-refractivity contribution in [3.63, 3.8) is 0 Å². The van der Waals surface area contributed by atoms with Crippen molar-refractivity contribution in [2.45, 2.75) is 44.4 Å². The third kappa shape index (κ3) is 4.24. The highest BCUT2D eigenvalue weighted by atomic mass is 19.1. The largest absolute Gasteiger partial charge is 0.361 e. The van der Waals surface area contributed by atoms with Crippen LogP contribution < -0.4 is 4.90 Å². The number of benzene rings is 2. The predicted molar refractivity (Wildman–Crippen MR) is 123 cm³/mol. The van der Waals surface area contributed by atoms with Crippen molar-refractivity contribution in [1.29, 1.82) is 0 Å². The smallest absolute Gasteiger partial charge is 0.227 e. The van der Waals surface area contributed by atoms with Crippen LogP contribution in [0.2, 0.25) is 0 Å². The molecule has 31 heavy (non-hydrogen) atoms. The number of hydrogen-bond acceptors (Lipinski definition) is 2. The lowest BCUT2D eigenvalue weighted by atomic mass is 9.89. The van der Waals surface area contributed by atoms with E-state index in [1.54, 1.807) is 6.07 Å². The molecule has 1 N–H and O–H groups in total. The third-order valence-electron chi connectivity index (χ3n) is 6.98. The Balaban J connectivity index is 1.12. The Labute approximate surface area is 183 Å². The summed E-state index contributed by atoms with van der Waals surface area (Å²) < 4.78 is 13.7. The molecule has 2 aromatic carbocycles. The highest BCUT2D eigenvalue weighted by Crippen LogP contribution is 2.33. The summed E-state index contributed by atoms with van der Waals surface area (Å²) in [5.74, 6) is 0.549. The van der Waals surface area contributed by atoms with Crippen LogP contribution in [0.4, 0.5) is 10.1 Å². The van der Waals surface area contributed by atoms with Crippen LogP contribution in [0.25, 0.3) is 10.9 Å². The second-order valence-electron chi connectivity index (χ2n) is 8.93. The lowest BCUT2D eigenvalue weighted by Gasteiger charge is -2.32. The van der Waals surface area contributed by atoms with E-state index in [-0.39, 0.29) is 11.7 Å². The van der Waals surface area contributed by atoms with Gasteiger partial charge in [-0.25, -0.2) is 4.39 Å². The summed E-state index contributed by atoms with van der Waals surface area (Å²) >= 11 is 0. The van der Waals surface area contributed by atoms with Gasteiger partial charge < -0.3 is 14.8 Å². The lowest BCUT2D eigenvalue weighted by molar-refractivity contribution is -0.118. The second-order valence-corrected chi connectivity index (χ2v) is 8.93. The fourth-order valence-electron chi connectivity index (χ4n) is 5.30. The molecule has 0 saturated carbocycles. The number of amides is 1. The van der Waals surface area contributed by atoms with Gasteiger partial charge in [-0.05, 0) is 93.0 Å². The number of fused-ring (bicyclic) bond motifs is 2. The molecular weight excluding hydrogens is 389 g/mol. The van der Waals surface area contributed by atoms with Crippen molar-refractivity contribution in [3.05, 3.63) is 65.6 Å². The summed E-state index contributed by atoms with van der Waals surface area (Å²) in [4.78, 5) is 20.6. The molecule has 162 valence electrons. The molecule has 2 aliphatic heterocycles. The van der Waals surface area contributed by atoms with Crippen LogP contribution in [0.15, 0.2) is 48.7 Å². The number of halogens is 1. The predicted octanol–water partition coefficient (Wildman–Crippen LogP) is 5.25. The van der Waals surface area contributed by atoms with Crippen LogP contribution in [0.1, 0.15) is 49.1 Å². The number of H-pyrrole nitrogens is 1. The molecule has 5 rings (SSSR count). The Bertz CT molecular complexity index is 1070. The number of rotatable bonds is 5. The Morgan fingerprint density at radius 3 is 2.81 bits per heavy atom. The Kier molecular flexibility index (Phi) is 5.77. The van der Waals surface area contributed by atoms with Crippen LogP contribution in [-0.2, 0) is 11.2 Å². The van der Waals surface area contributed by atoms with Crippen molar-refractivity contribution in [2.75, 3.05) is 31.1 Å². The summed E-state index contributed by atoms with van der Waals surface area (Å²) in [5.41, 5.74) is 4.65. The molecule has 0 radical (unpaired) electrons.